The number of nitrogens with one attached hydrogen (secondary N) is 3. The molecule has 3 heterocycles. The Morgan fingerprint density at radius 2 is 1.91 bits per heavy atom. The summed E-state index contributed by atoms with van der Waals surface area (Å²) in [6.45, 7) is 3.08. The zero-order valence-electron chi connectivity index (χ0n) is 19.8. The third kappa shape index (κ3) is 5.79. The maximum atomic E-state index is 12.1. The van der Waals surface area contributed by atoms with E-state index in [1.807, 2.05) is 51.4 Å². The maximum absolute atomic E-state index is 12.1. The molecule has 0 aliphatic rings. The number of carboxylic acids is 1. The first-order chi connectivity index (χ1) is 16.8. The summed E-state index contributed by atoms with van der Waals surface area (Å²) >= 11 is 0. The lowest BCUT2D eigenvalue weighted by Gasteiger charge is -2.12. The van der Waals surface area contributed by atoms with Crippen molar-refractivity contribution in [1.29, 1.82) is 0 Å². The topological polar surface area (TPSA) is 136 Å². The van der Waals surface area contributed by atoms with Crippen LogP contribution in [0.5, 0.6) is 0 Å². The average molecular weight is 474 g/mol. The minimum Gasteiger partial charge on any atom is -0.481 e. The van der Waals surface area contributed by atoms with E-state index in [2.05, 4.69) is 35.5 Å². The summed E-state index contributed by atoms with van der Waals surface area (Å²) in [6.07, 6.45) is 4.89. The molecule has 10 heteroatoms. The number of fused-ring (bicyclic) bond motifs is 1. The van der Waals surface area contributed by atoms with E-state index in [4.69, 9.17) is 0 Å². The summed E-state index contributed by atoms with van der Waals surface area (Å²) in [6, 6.07) is 9.30. The second-order valence-corrected chi connectivity index (χ2v) is 8.43. The van der Waals surface area contributed by atoms with Gasteiger partial charge in [0, 0.05) is 42.8 Å². The first-order valence-electron chi connectivity index (χ1n) is 11.2. The molecule has 0 unspecified atom stereocenters. The monoisotopic (exact) mass is 473 g/mol. The second-order valence-electron chi connectivity index (χ2n) is 8.43. The Kier molecular flexibility index (Phi) is 7.02. The number of hydrogen-bond donors (Lipinski definition) is 4. The van der Waals surface area contributed by atoms with Gasteiger partial charge in [0.2, 0.25) is 5.95 Å². The van der Waals surface area contributed by atoms with E-state index in [1.54, 1.807) is 18.6 Å². The number of hydrogen-bond acceptors (Lipinski definition) is 6. The Balaban J connectivity index is 1.85. The van der Waals surface area contributed by atoms with E-state index in [9.17, 15) is 14.7 Å². The normalized spacial score (nSPS) is 11.1. The Hall–Kier alpha value is -4.31. The number of aromatic nitrogens is 4. The third-order valence-electron chi connectivity index (χ3n) is 5.24. The van der Waals surface area contributed by atoms with Crippen molar-refractivity contribution in [2.24, 2.45) is 0 Å². The van der Waals surface area contributed by atoms with Crippen LogP contribution >= 0.6 is 0 Å². The molecule has 1 aromatic carbocycles. The molecule has 4 rings (SSSR count). The van der Waals surface area contributed by atoms with Gasteiger partial charge < -0.3 is 20.3 Å². The number of rotatable bonds is 8. The van der Waals surface area contributed by atoms with Crippen LogP contribution in [0.1, 0.15) is 18.1 Å². The molecule has 0 spiro atoms. The first kappa shape index (κ1) is 23.8. The number of carboxylic acid groups (broad SMARTS) is 1. The highest BCUT2D eigenvalue weighted by Crippen LogP contribution is 2.33. The SMILES string of the molecule is CCNC(=O)Nc1nc2c(-c3cc(CN(C)C)ccn3)cc(-c3cncc(CC(=O)O)c3)cc2[nH]1. The van der Waals surface area contributed by atoms with Gasteiger partial charge >= 0.3 is 12.0 Å². The van der Waals surface area contributed by atoms with Crippen LogP contribution in [0.25, 0.3) is 33.4 Å². The predicted octanol–water partition coefficient (Wildman–Crippen LogP) is 3.52. The number of benzene rings is 1. The Bertz CT molecular complexity index is 1380. The van der Waals surface area contributed by atoms with Gasteiger partial charge in [-0.25, -0.2) is 9.78 Å². The van der Waals surface area contributed by atoms with Gasteiger partial charge in [-0.2, -0.15) is 0 Å². The fourth-order valence-corrected chi connectivity index (χ4v) is 3.85. The van der Waals surface area contributed by atoms with E-state index >= 15 is 0 Å². The zero-order valence-corrected chi connectivity index (χ0v) is 19.8. The molecule has 0 saturated heterocycles. The van der Waals surface area contributed by atoms with Crippen molar-refractivity contribution in [1.82, 2.24) is 30.2 Å². The highest BCUT2D eigenvalue weighted by atomic mass is 16.4. The van der Waals surface area contributed by atoms with E-state index in [-0.39, 0.29) is 12.5 Å². The predicted molar refractivity (Wildman–Crippen MR) is 134 cm³/mol. The Labute approximate surface area is 202 Å². The molecule has 2 amide bonds. The number of anilines is 1. The first-order valence-corrected chi connectivity index (χ1v) is 11.2. The number of H-pyrrole nitrogens is 1. The lowest BCUT2D eigenvalue weighted by Crippen LogP contribution is -2.28. The van der Waals surface area contributed by atoms with Gasteiger partial charge in [0.1, 0.15) is 0 Å². The van der Waals surface area contributed by atoms with Crippen molar-refractivity contribution in [3.63, 3.8) is 0 Å². The number of aromatic amines is 1. The third-order valence-corrected chi connectivity index (χ3v) is 5.24. The molecule has 0 radical (unpaired) electrons. The molecule has 180 valence electrons. The number of aliphatic carboxylic acids is 1. The van der Waals surface area contributed by atoms with E-state index in [0.717, 1.165) is 34.5 Å². The number of pyridine rings is 2. The summed E-state index contributed by atoms with van der Waals surface area (Å²) in [4.78, 5) is 41.9. The second kappa shape index (κ2) is 10.3. The molecule has 0 aliphatic heterocycles. The maximum Gasteiger partial charge on any atom is 0.321 e. The number of imidazole rings is 1. The summed E-state index contributed by atoms with van der Waals surface area (Å²) in [5, 5.41) is 14.6. The Morgan fingerprint density at radius 3 is 2.66 bits per heavy atom. The molecule has 4 aromatic rings. The molecule has 0 aliphatic carbocycles. The van der Waals surface area contributed by atoms with Crippen molar-refractivity contribution in [2.75, 3.05) is 26.0 Å². The van der Waals surface area contributed by atoms with Crippen LogP contribution in [0.15, 0.2) is 48.9 Å². The van der Waals surface area contributed by atoms with Gasteiger partial charge in [0.15, 0.2) is 0 Å². The molecular weight excluding hydrogens is 446 g/mol. The number of urea groups is 1. The summed E-state index contributed by atoms with van der Waals surface area (Å²) in [5.41, 5.74) is 6.16. The van der Waals surface area contributed by atoms with Crippen LogP contribution in [0.2, 0.25) is 0 Å². The zero-order chi connectivity index (χ0) is 24.9. The van der Waals surface area contributed by atoms with Crippen LogP contribution in [-0.4, -0.2) is 62.6 Å². The van der Waals surface area contributed by atoms with Gasteiger partial charge in [-0.3, -0.25) is 20.1 Å². The number of carbonyl (C=O) groups is 2. The molecule has 0 atom stereocenters. The van der Waals surface area contributed by atoms with Crippen LogP contribution < -0.4 is 10.6 Å². The molecule has 3 aromatic heterocycles. The quantitative estimate of drug-likeness (QED) is 0.307. The van der Waals surface area contributed by atoms with Crippen molar-refractivity contribution in [2.45, 2.75) is 19.9 Å². The van der Waals surface area contributed by atoms with Crippen LogP contribution in [0, 0.1) is 0 Å². The summed E-state index contributed by atoms with van der Waals surface area (Å²) in [7, 11) is 4.01. The fraction of sp³-hybridized carbons (Fsp3) is 0.240. The molecule has 35 heavy (non-hydrogen) atoms. The number of amides is 2. The van der Waals surface area contributed by atoms with E-state index < -0.39 is 5.97 Å². The fourth-order valence-electron chi connectivity index (χ4n) is 3.85. The minimum atomic E-state index is -0.920. The smallest absolute Gasteiger partial charge is 0.321 e. The molecule has 0 fully saturated rings. The van der Waals surface area contributed by atoms with Crippen molar-refractivity contribution >= 4 is 29.0 Å². The van der Waals surface area contributed by atoms with Gasteiger partial charge in [0.25, 0.3) is 0 Å². The summed E-state index contributed by atoms with van der Waals surface area (Å²) < 4.78 is 0. The lowest BCUT2D eigenvalue weighted by atomic mass is 9.99. The molecule has 4 N–H and O–H groups in total. The van der Waals surface area contributed by atoms with E-state index in [0.29, 0.717) is 29.1 Å². The van der Waals surface area contributed by atoms with Crippen molar-refractivity contribution in [3.8, 4) is 22.4 Å². The largest absolute Gasteiger partial charge is 0.481 e. The average Bonchev–Trinajstić information content (AvgIpc) is 3.20. The molecular formula is C25H27N7O3. The van der Waals surface area contributed by atoms with Crippen molar-refractivity contribution < 1.29 is 14.7 Å². The highest BCUT2D eigenvalue weighted by molar-refractivity contribution is 5.98. The standard InChI is InChI=1S/C25H27N7O3/c1-4-27-25(35)31-24-29-21-11-17(18-7-16(9-22(33)34)12-26-13-18)10-19(23(21)30-24)20-8-15(5-6-28-20)14-32(2)3/h5-8,10-13H,4,9,14H2,1-3H3,(H,33,34)(H3,27,29,30,31,35). The minimum absolute atomic E-state index is 0.116. The summed E-state index contributed by atoms with van der Waals surface area (Å²) in [5.74, 6) is -0.608. The molecule has 0 saturated carbocycles. The number of carbonyl (C=O) groups excluding carboxylic acids is 1. The van der Waals surface area contributed by atoms with E-state index in [1.165, 1.54) is 0 Å². The molecule has 10 nitrogen and oxygen atoms in total. The highest BCUT2D eigenvalue weighted by Gasteiger charge is 2.16. The van der Waals surface area contributed by atoms with Gasteiger partial charge in [0.05, 0.1) is 23.1 Å². The van der Waals surface area contributed by atoms with Crippen LogP contribution in [0.4, 0.5) is 10.7 Å². The lowest BCUT2D eigenvalue weighted by molar-refractivity contribution is -0.136. The van der Waals surface area contributed by atoms with Gasteiger partial charge in [-0.1, -0.05) is 0 Å². The molecule has 0 bridgehead atoms. The number of nitrogens with zero attached hydrogens (tertiary/aromatic N) is 4. The van der Waals surface area contributed by atoms with Gasteiger partial charge in [-0.05, 0) is 68.0 Å². The van der Waals surface area contributed by atoms with Crippen LogP contribution in [0.3, 0.4) is 0 Å². The van der Waals surface area contributed by atoms with Crippen molar-refractivity contribution in [3.05, 3.63) is 60.0 Å². The van der Waals surface area contributed by atoms with Crippen LogP contribution in [-0.2, 0) is 17.8 Å². The van der Waals surface area contributed by atoms with Gasteiger partial charge in [-0.15, -0.1) is 0 Å². The Morgan fingerprint density at radius 1 is 1.09 bits per heavy atom.